The third-order valence-corrected chi connectivity index (χ3v) is 2.10. The molecule has 0 fully saturated rings. The number of ether oxygens (including phenoxy) is 1. The molecule has 1 atom stereocenters. The van der Waals surface area contributed by atoms with Crippen molar-refractivity contribution in [3.8, 4) is 0 Å². The quantitative estimate of drug-likeness (QED) is 0.575. The molecule has 0 aromatic carbocycles. The highest BCUT2D eigenvalue weighted by Gasteiger charge is 2.15. The largest absolute Gasteiger partial charge is 0.468 e. The molecule has 0 aromatic rings. The summed E-state index contributed by atoms with van der Waals surface area (Å²) < 4.78 is 4.78. The number of hydrogen-bond acceptors (Lipinski definition) is 2. The Balaban J connectivity index is 3.77. The van der Waals surface area contributed by atoms with E-state index in [-0.39, 0.29) is 0 Å². The number of carbonyl (C=O) groups excluding carboxylic acids is 1. The number of carbonyl (C=O) groups is 1. The van der Waals surface area contributed by atoms with Gasteiger partial charge in [-0.25, -0.2) is 0 Å². The van der Waals surface area contributed by atoms with Crippen LogP contribution in [0.3, 0.4) is 0 Å². The summed E-state index contributed by atoms with van der Waals surface area (Å²) in [4.78, 5) is 10.00. The second kappa shape index (κ2) is 6.04. The molecule has 0 amide bonds. The van der Waals surface area contributed by atoms with Crippen LogP contribution in [0.15, 0.2) is 0 Å². The van der Waals surface area contributed by atoms with Gasteiger partial charge in [0.2, 0.25) is 0 Å². The summed E-state index contributed by atoms with van der Waals surface area (Å²) in [6, 6.07) is 0. The van der Waals surface area contributed by atoms with Crippen LogP contribution < -0.4 is 0 Å². The predicted octanol–water partition coefficient (Wildman–Crippen LogP) is 2.48. The van der Waals surface area contributed by atoms with Crippen molar-refractivity contribution in [3.63, 3.8) is 0 Å². The van der Waals surface area contributed by atoms with Crippen molar-refractivity contribution in [1.29, 1.82) is 0 Å². The highest BCUT2D eigenvalue weighted by Crippen LogP contribution is 2.19. The summed E-state index contributed by atoms with van der Waals surface area (Å²) in [5.74, 6) is 1.77. The minimum absolute atomic E-state index is 0.509. The zero-order valence-electron chi connectivity index (χ0n) is 8.54. The second-order valence-electron chi connectivity index (χ2n) is 4.06. The highest BCUT2D eigenvalue weighted by molar-refractivity contribution is 5.36. The number of hydrogen-bond donors (Lipinski definition) is 0. The van der Waals surface area contributed by atoms with Crippen molar-refractivity contribution in [2.24, 2.45) is 17.8 Å². The summed E-state index contributed by atoms with van der Waals surface area (Å²) in [5.41, 5.74) is 0. The van der Waals surface area contributed by atoms with E-state index < -0.39 is 0 Å². The summed E-state index contributed by atoms with van der Waals surface area (Å²) >= 11 is 0. The molecule has 0 heterocycles. The van der Waals surface area contributed by atoms with Gasteiger partial charge in [-0.05, 0) is 24.2 Å². The van der Waals surface area contributed by atoms with E-state index in [9.17, 15) is 4.79 Å². The molecule has 2 heteroatoms. The minimum atomic E-state index is 0.509. The fourth-order valence-corrected chi connectivity index (χ4v) is 1.30. The predicted molar refractivity (Wildman–Crippen MR) is 49.8 cm³/mol. The molecule has 0 aromatic heterocycles. The summed E-state index contributed by atoms with van der Waals surface area (Å²) in [7, 11) is 0. The van der Waals surface area contributed by atoms with Crippen LogP contribution in [0.1, 0.15) is 34.1 Å². The Bertz CT molecular complexity index is 119. The maximum atomic E-state index is 10.00. The summed E-state index contributed by atoms with van der Waals surface area (Å²) in [6.45, 7) is 9.82. The summed E-state index contributed by atoms with van der Waals surface area (Å²) in [6.07, 6.45) is 1.13. The fraction of sp³-hybridized carbons (Fsp3) is 0.900. The van der Waals surface area contributed by atoms with Gasteiger partial charge < -0.3 is 4.74 Å². The van der Waals surface area contributed by atoms with Crippen molar-refractivity contribution >= 4 is 6.47 Å². The lowest BCUT2D eigenvalue weighted by atomic mass is 9.88. The maximum absolute atomic E-state index is 10.00. The molecule has 0 aliphatic carbocycles. The molecule has 0 N–H and O–H groups in total. The second-order valence-corrected chi connectivity index (χ2v) is 4.06. The van der Waals surface area contributed by atoms with Gasteiger partial charge in [0.15, 0.2) is 0 Å². The molecule has 0 aliphatic heterocycles. The van der Waals surface area contributed by atoms with Crippen LogP contribution in [0, 0.1) is 17.8 Å². The van der Waals surface area contributed by atoms with Crippen LogP contribution in [-0.4, -0.2) is 13.1 Å². The minimum Gasteiger partial charge on any atom is -0.468 e. The molecule has 72 valence electrons. The van der Waals surface area contributed by atoms with Gasteiger partial charge in [-0.3, -0.25) is 4.79 Å². The fourth-order valence-electron chi connectivity index (χ4n) is 1.30. The molecule has 0 radical (unpaired) electrons. The van der Waals surface area contributed by atoms with Crippen LogP contribution in [-0.2, 0) is 9.53 Å². The van der Waals surface area contributed by atoms with E-state index in [4.69, 9.17) is 4.74 Å². The number of rotatable bonds is 6. The Morgan fingerprint density at radius 1 is 1.25 bits per heavy atom. The van der Waals surface area contributed by atoms with Crippen LogP contribution in [0.2, 0.25) is 0 Å². The lowest BCUT2D eigenvalue weighted by Gasteiger charge is -2.21. The SMILES string of the molecule is CC(C)CC(COC=O)C(C)C. The van der Waals surface area contributed by atoms with Crippen LogP contribution in [0.4, 0.5) is 0 Å². The zero-order valence-corrected chi connectivity index (χ0v) is 8.54. The molecule has 0 saturated heterocycles. The molecule has 1 unspecified atom stereocenters. The topological polar surface area (TPSA) is 26.3 Å². The normalized spacial score (nSPS) is 13.5. The van der Waals surface area contributed by atoms with Crippen molar-refractivity contribution in [2.45, 2.75) is 34.1 Å². The standard InChI is InChI=1S/C10H20O2/c1-8(2)5-10(9(3)4)6-12-7-11/h7-10H,5-6H2,1-4H3. The van der Waals surface area contributed by atoms with E-state index in [1.54, 1.807) is 0 Å². The van der Waals surface area contributed by atoms with E-state index in [1.807, 2.05) is 0 Å². The first-order valence-electron chi connectivity index (χ1n) is 4.63. The first-order valence-corrected chi connectivity index (χ1v) is 4.63. The third-order valence-electron chi connectivity index (χ3n) is 2.10. The van der Waals surface area contributed by atoms with Crippen molar-refractivity contribution in [2.75, 3.05) is 6.61 Å². The lowest BCUT2D eigenvalue weighted by Crippen LogP contribution is -2.17. The van der Waals surface area contributed by atoms with Crippen molar-refractivity contribution in [1.82, 2.24) is 0 Å². The van der Waals surface area contributed by atoms with Crippen LogP contribution in [0.25, 0.3) is 0 Å². The van der Waals surface area contributed by atoms with Gasteiger partial charge in [-0.15, -0.1) is 0 Å². The Morgan fingerprint density at radius 2 is 1.83 bits per heavy atom. The van der Waals surface area contributed by atoms with Crippen LogP contribution in [0.5, 0.6) is 0 Å². The average molecular weight is 172 g/mol. The highest BCUT2D eigenvalue weighted by atomic mass is 16.5. The molecule has 12 heavy (non-hydrogen) atoms. The van der Waals surface area contributed by atoms with E-state index in [0.717, 1.165) is 6.42 Å². The Kier molecular flexibility index (Phi) is 5.77. The van der Waals surface area contributed by atoms with Gasteiger partial charge in [-0.1, -0.05) is 27.7 Å². The van der Waals surface area contributed by atoms with E-state index >= 15 is 0 Å². The maximum Gasteiger partial charge on any atom is 0.293 e. The molecular formula is C10H20O2. The van der Waals surface area contributed by atoms with E-state index in [0.29, 0.717) is 30.8 Å². The lowest BCUT2D eigenvalue weighted by molar-refractivity contribution is -0.130. The smallest absolute Gasteiger partial charge is 0.293 e. The molecule has 0 saturated carbocycles. The van der Waals surface area contributed by atoms with Crippen LogP contribution >= 0.6 is 0 Å². The Hall–Kier alpha value is -0.530. The van der Waals surface area contributed by atoms with Gasteiger partial charge in [0.1, 0.15) is 0 Å². The van der Waals surface area contributed by atoms with Gasteiger partial charge >= 0.3 is 0 Å². The Labute approximate surface area is 75.3 Å². The van der Waals surface area contributed by atoms with Gasteiger partial charge in [-0.2, -0.15) is 0 Å². The summed E-state index contributed by atoms with van der Waals surface area (Å²) in [5, 5.41) is 0. The molecule has 0 rings (SSSR count). The zero-order chi connectivity index (χ0) is 9.56. The Morgan fingerprint density at radius 3 is 2.17 bits per heavy atom. The van der Waals surface area contributed by atoms with Gasteiger partial charge in [0.25, 0.3) is 6.47 Å². The first-order chi connectivity index (χ1) is 5.57. The molecule has 0 aliphatic rings. The van der Waals surface area contributed by atoms with Crippen molar-refractivity contribution < 1.29 is 9.53 Å². The third kappa shape index (κ3) is 5.16. The average Bonchev–Trinajstić information content (AvgIpc) is 1.96. The van der Waals surface area contributed by atoms with E-state index in [1.165, 1.54) is 0 Å². The monoisotopic (exact) mass is 172 g/mol. The molecule has 0 spiro atoms. The molecule has 0 bridgehead atoms. The molecular weight excluding hydrogens is 152 g/mol. The first kappa shape index (κ1) is 11.5. The van der Waals surface area contributed by atoms with Crippen molar-refractivity contribution in [3.05, 3.63) is 0 Å². The van der Waals surface area contributed by atoms with E-state index in [2.05, 4.69) is 27.7 Å². The van der Waals surface area contributed by atoms with Gasteiger partial charge in [0.05, 0.1) is 6.61 Å². The molecule has 2 nitrogen and oxygen atoms in total. The van der Waals surface area contributed by atoms with Gasteiger partial charge in [0, 0.05) is 0 Å².